The molecule has 0 aromatic heterocycles. The highest BCUT2D eigenvalue weighted by Gasteiger charge is 2.49. The summed E-state index contributed by atoms with van der Waals surface area (Å²) in [5.41, 5.74) is 6.21. The van der Waals surface area contributed by atoms with Crippen molar-refractivity contribution in [1.29, 1.82) is 0 Å². The van der Waals surface area contributed by atoms with Crippen molar-refractivity contribution in [1.82, 2.24) is 4.67 Å². The molecule has 3 rings (SSSR count). The van der Waals surface area contributed by atoms with Crippen LogP contribution in [-0.4, -0.2) is 17.8 Å². The summed E-state index contributed by atoms with van der Waals surface area (Å²) in [6.07, 6.45) is -0.227. The van der Waals surface area contributed by atoms with E-state index in [0.29, 0.717) is 5.31 Å². The fourth-order valence-electron chi connectivity index (χ4n) is 3.08. The Bertz CT molecular complexity index is 850. The smallest absolute Gasteiger partial charge is 0.304 e. The zero-order chi connectivity index (χ0) is 18.0. The molecule has 0 saturated carbocycles. The molecular formula is C21H24NO2P. The largest absolute Gasteiger partial charge is 0.311 e. The van der Waals surface area contributed by atoms with E-state index in [1.54, 1.807) is 0 Å². The maximum absolute atomic E-state index is 14.0. The van der Waals surface area contributed by atoms with E-state index in [9.17, 15) is 4.57 Å². The first-order valence-electron chi connectivity index (χ1n) is 8.50. The van der Waals surface area contributed by atoms with Gasteiger partial charge in [0.05, 0.1) is 0 Å². The van der Waals surface area contributed by atoms with E-state index in [0.717, 1.165) is 16.7 Å². The Morgan fingerprint density at radius 1 is 1.04 bits per heavy atom. The summed E-state index contributed by atoms with van der Waals surface area (Å²) < 4.78 is 22.1. The van der Waals surface area contributed by atoms with Crippen molar-refractivity contribution in [2.24, 2.45) is 0 Å². The molecule has 2 aromatic carbocycles. The molecule has 2 aromatic rings. The Balaban J connectivity index is 2.11. The molecule has 0 radical (unpaired) electrons. The summed E-state index contributed by atoms with van der Waals surface area (Å²) in [6.45, 7) is 5.98. The van der Waals surface area contributed by atoms with Gasteiger partial charge in [0.2, 0.25) is 0 Å². The molecule has 1 aliphatic heterocycles. The van der Waals surface area contributed by atoms with Crippen molar-refractivity contribution in [3.8, 4) is 0 Å². The molecular weight excluding hydrogens is 329 g/mol. The van der Waals surface area contributed by atoms with Gasteiger partial charge in [-0.05, 0) is 44.5 Å². The molecule has 0 aliphatic carbocycles. The number of likely N-dealkylation sites (N-methyl/N-ethyl adjacent to an activating group) is 1. The Kier molecular flexibility index (Phi) is 5.13. The second-order valence-electron chi connectivity index (χ2n) is 6.61. The molecule has 1 aliphatic rings. The average molecular weight is 353 g/mol. The van der Waals surface area contributed by atoms with Gasteiger partial charge in [-0.1, -0.05) is 60.7 Å². The van der Waals surface area contributed by atoms with Crippen LogP contribution in [0.4, 0.5) is 0 Å². The molecule has 25 heavy (non-hydrogen) atoms. The van der Waals surface area contributed by atoms with Gasteiger partial charge >= 0.3 is 7.52 Å². The standard InChI is InChI=1S/C21H24NO2P/c1-16(2)15-20(18-11-7-5-8-12-18)25(23)22(4)17(3)21(24-25)19-13-9-6-10-14-19/h5-14,17,21H,1-4H3/t17-,21+,25?/m1/s1. The molecule has 0 N–H and O–H groups in total. The van der Waals surface area contributed by atoms with Crippen LogP contribution < -0.4 is 0 Å². The van der Waals surface area contributed by atoms with Crippen LogP contribution in [0.15, 0.2) is 72.0 Å². The minimum absolute atomic E-state index is 0.00547. The van der Waals surface area contributed by atoms with Gasteiger partial charge in [0.25, 0.3) is 0 Å². The lowest BCUT2D eigenvalue weighted by molar-refractivity contribution is 0.212. The highest BCUT2D eigenvalue weighted by atomic mass is 31.2. The van der Waals surface area contributed by atoms with Crippen LogP contribution in [0.2, 0.25) is 0 Å². The van der Waals surface area contributed by atoms with Crippen LogP contribution in [0.3, 0.4) is 0 Å². The van der Waals surface area contributed by atoms with Crippen LogP contribution in [0.1, 0.15) is 38.0 Å². The van der Waals surface area contributed by atoms with Crippen LogP contribution >= 0.6 is 7.52 Å². The van der Waals surface area contributed by atoms with Crippen molar-refractivity contribution >= 4 is 12.8 Å². The van der Waals surface area contributed by atoms with E-state index in [2.05, 4.69) is 12.7 Å². The van der Waals surface area contributed by atoms with E-state index in [1.165, 1.54) is 0 Å². The quantitative estimate of drug-likeness (QED) is 0.510. The third kappa shape index (κ3) is 3.42. The third-order valence-electron chi connectivity index (χ3n) is 4.53. The van der Waals surface area contributed by atoms with Crippen LogP contribution in [0, 0.1) is 0 Å². The molecule has 3 nitrogen and oxygen atoms in total. The number of hydrogen-bond acceptors (Lipinski definition) is 2. The van der Waals surface area contributed by atoms with Crippen LogP contribution in [0.25, 0.3) is 5.31 Å². The van der Waals surface area contributed by atoms with Gasteiger partial charge in [0, 0.05) is 6.04 Å². The lowest BCUT2D eigenvalue weighted by atomic mass is 10.0. The lowest BCUT2D eigenvalue weighted by Crippen LogP contribution is -2.23. The maximum atomic E-state index is 14.0. The minimum atomic E-state index is -3.21. The summed E-state index contributed by atoms with van der Waals surface area (Å²) in [5, 5.41) is 0.640. The summed E-state index contributed by atoms with van der Waals surface area (Å²) in [6, 6.07) is 19.8. The van der Waals surface area contributed by atoms with E-state index in [-0.39, 0.29) is 12.1 Å². The normalized spacial score (nSPS) is 26.2. The number of benzene rings is 2. The Hall–Kier alpha value is -1.89. The first-order valence-corrected chi connectivity index (χ1v) is 10.1. The van der Waals surface area contributed by atoms with Crippen LogP contribution in [0.5, 0.6) is 0 Å². The number of nitrogens with zero attached hydrogens (tertiary/aromatic N) is 1. The first kappa shape index (κ1) is 17.9. The molecule has 1 saturated heterocycles. The third-order valence-corrected chi connectivity index (χ3v) is 7.17. The summed E-state index contributed by atoms with van der Waals surface area (Å²) in [7, 11) is -1.33. The van der Waals surface area contributed by atoms with E-state index < -0.39 is 7.52 Å². The van der Waals surface area contributed by atoms with Gasteiger partial charge in [0.15, 0.2) is 0 Å². The van der Waals surface area contributed by atoms with Gasteiger partial charge in [-0.15, -0.1) is 5.73 Å². The van der Waals surface area contributed by atoms with Crippen molar-refractivity contribution in [2.75, 3.05) is 7.05 Å². The Labute approximate surface area is 150 Å². The highest BCUT2D eigenvalue weighted by Crippen LogP contribution is 2.69. The molecule has 4 heteroatoms. The number of hydrogen-bond donors (Lipinski definition) is 0. The predicted molar refractivity (Wildman–Crippen MR) is 103 cm³/mol. The zero-order valence-electron chi connectivity index (χ0n) is 15.1. The average Bonchev–Trinajstić information content (AvgIpc) is 2.86. The van der Waals surface area contributed by atoms with Crippen molar-refractivity contribution in [3.05, 3.63) is 83.1 Å². The SMILES string of the molecule is CC(C)=C=C(c1ccccc1)P1(=O)O[C@H](c2ccccc2)[C@@H](C)N1C. The fraction of sp³-hybridized carbons (Fsp3) is 0.286. The van der Waals surface area contributed by atoms with E-state index >= 15 is 0 Å². The molecule has 0 spiro atoms. The molecule has 1 heterocycles. The molecule has 0 bridgehead atoms. The fourth-order valence-corrected chi connectivity index (χ4v) is 5.70. The monoisotopic (exact) mass is 353 g/mol. The van der Waals surface area contributed by atoms with Crippen LogP contribution in [-0.2, 0) is 9.09 Å². The lowest BCUT2D eigenvalue weighted by Gasteiger charge is -2.22. The first-order chi connectivity index (χ1) is 11.9. The topological polar surface area (TPSA) is 29.5 Å². The Morgan fingerprint density at radius 3 is 2.16 bits per heavy atom. The molecule has 130 valence electrons. The summed E-state index contributed by atoms with van der Waals surface area (Å²) in [4.78, 5) is 0. The van der Waals surface area contributed by atoms with Crippen molar-refractivity contribution < 1.29 is 9.09 Å². The summed E-state index contributed by atoms with van der Waals surface area (Å²) >= 11 is 0. The van der Waals surface area contributed by atoms with Gasteiger partial charge in [-0.25, -0.2) is 4.67 Å². The second-order valence-corrected chi connectivity index (χ2v) is 8.94. The summed E-state index contributed by atoms with van der Waals surface area (Å²) in [5.74, 6) is 0. The number of rotatable bonds is 3. The minimum Gasteiger partial charge on any atom is -0.304 e. The van der Waals surface area contributed by atoms with Gasteiger partial charge in [-0.2, -0.15) is 0 Å². The van der Waals surface area contributed by atoms with Crippen molar-refractivity contribution in [2.45, 2.75) is 32.9 Å². The van der Waals surface area contributed by atoms with Crippen molar-refractivity contribution in [3.63, 3.8) is 0 Å². The van der Waals surface area contributed by atoms with Gasteiger partial charge < -0.3 is 4.52 Å². The zero-order valence-corrected chi connectivity index (χ0v) is 16.0. The van der Waals surface area contributed by atoms with E-state index in [4.69, 9.17) is 4.52 Å². The predicted octanol–water partition coefficient (Wildman–Crippen LogP) is 5.88. The molecule has 1 fully saturated rings. The van der Waals surface area contributed by atoms with Gasteiger partial charge in [-0.3, -0.25) is 4.57 Å². The number of allylic oxidation sites excluding steroid dienone is 1. The Morgan fingerprint density at radius 2 is 1.60 bits per heavy atom. The maximum Gasteiger partial charge on any atom is 0.311 e. The highest BCUT2D eigenvalue weighted by molar-refractivity contribution is 7.67. The molecule has 0 amide bonds. The van der Waals surface area contributed by atoms with E-state index in [1.807, 2.05) is 86.2 Å². The second kappa shape index (κ2) is 7.15. The van der Waals surface area contributed by atoms with Gasteiger partial charge in [0.1, 0.15) is 11.4 Å². The molecule has 3 atom stereocenters. The molecule has 1 unspecified atom stereocenters.